The standard InChI is InChI=1S/C17H29N3O/c1-4-10-18-14(2)15-7-11-19-16(12-15)20(3)13-17(21)8-5-6-9-17/h7,11-12,14,18,21H,4-6,8-10,13H2,1-3H3. The highest BCUT2D eigenvalue weighted by molar-refractivity contribution is 5.41. The van der Waals surface area contributed by atoms with Gasteiger partial charge in [0.2, 0.25) is 0 Å². The van der Waals surface area contributed by atoms with Gasteiger partial charge in [-0.2, -0.15) is 0 Å². The maximum absolute atomic E-state index is 10.5. The maximum atomic E-state index is 10.5. The lowest BCUT2D eigenvalue weighted by molar-refractivity contribution is 0.0558. The van der Waals surface area contributed by atoms with E-state index in [1.807, 2.05) is 13.2 Å². The van der Waals surface area contributed by atoms with Gasteiger partial charge in [-0.15, -0.1) is 0 Å². The molecule has 1 aromatic heterocycles. The summed E-state index contributed by atoms with van der Waals surface area (Å²) >= 11 is 0. The van der Waals surface area contributed by atoms with Crippen LogP contribution < -0.4 is 10.2 Å². The smallest absolute Gasteiger partial charge is 0.128 e. The van der Waals surface area contributed by atoms with Crippen molar-refractivity contribution in [2.24, 2.45) is 0 Å². The van der Waals surface area contributed by atoms with Gasteiger partial charge in [-0.25, -0.2) is 4.98 Å². The summed E-state index contributed by atoms with van der Waals surface area (Å²) in [7, 11) is 2.02. The molecule has 0 spiro atoms. The molecule has 4 heteroatoms. The molecule has 4 nitrogen and oxygen atoms in total. The number of hydrogen-bond donors (Lipinski definition) is 2. The van der Waals surface area contributed by atoms with Gasteiger partial charge < -0.3 is 15.3 Å². The Balaban J connectivity index is 2.02. The molecular weight excluding hydrogens is 262 g/mol. The van der Waals surface area contributed by atoms with Crippen LogP contribution in [0.25, 0.3) is 0 Å². The Kier molecular flexibility index (Phi) is 5.59. The molecule has 1 aliphatic rings. The Morgan fingerprint density at radius 1 is 1.43 bits per heavy atom. The Labute approximate surface area is 128 Å². The van der Waals surface area contributed by atoms with E-state index in [0.717, 1.165) is 44.5 Å². The first-order valence-electron chi connectivity index (χ1n) is 8.17. The zero-order chi connectivity index (χ0) is 15.3. The number of pyridine rings is 1. The molecule has 0 radical (unpaired) electrons. The molecule has 0 bridgehead atoms. The second-order valence-corrected chi connectivity index (χ2v) is 6.41. The summed E-state index contributed by atoms with van der Waals surface area (Å²) in [6.45, 7) is 6.04. The van der Waals surface area contributed by atoms with Gasteiger partial charge in [-0.1, -0.05) is 19.8 Å². The zero-order valence-electron chi connectivity index (χ0n) is 13.6. The van der Waals surface area contributed by atoms with Crippen molar-refractivity contribution in [3.63, 3.8) is 0 Å². The normalized spacial score (nSPS) is 18.7. The molecule has 1 atom stereocenters. The minimum Gasteiger partial charge on any atom is -0.388 e. The molecule has 1 aromatic rings. The van der Waals surface area contributed by atoms with Crippen molar-refractivity contribution >= 4 is 5.82 Å². The highest BCUT2D eigenvalue weighted by Crippen LogP contribution is 2.31. The van der Waals surface area contributed by atoms with Crippen LogP contribution >= 0.6 is 0 Å². The van der Waals surface area contributed by atoms with E-state index < -0.39 is 5.60 Å². The largest absolute Gasteiger partial charge is 0.388 e. The van der Waals surface area contributed by atoms with Gasteiger partial charge in [0.1, 0.15) is 5.82 Å². The minimum atomic E-state index is -0.529. The van der Waals surface area contributed by atoms with Crippen molar-refractivity contribution < 1.29 is 5.11 Å². The van der Waals surface area contributed by atoms with Crippen LogP contribution in [0.1, 0.15) is 57.6 Å². The summed E-state index contributed by atoms with van der Waals surface area (Å²) in [4.78, 5) is 6.55. The molecule has 0 aliphatic heterocycles. The van der Waals surface area contributed by atoms with Crippen molar-refractivity contribution in [3.05, 3.63) is 23.9 Å². The van der Waals surface area contributed by atoms with Crippen molar-refractivity contribution in [3.8, 4) is 0 Å². The number of nitrogens with one attached hydrogen (secondary N) is 1. The second-order valence-electron chi connectivity index (χ2n) is 6.41. The van der Waals surface area contributed by atoms with E-state index in [0.29, 0.717) is 12.6 Å². The van der Waals surface area contributed by atoms with Crippen LogP contribution in [-0.2, 0) is 0 Å². The summed E-state index contributed by atoms with van der Waals surface area (Å²) < 4.78 is 0. The fraction of sp³-hybridized carbons (Fsp3) is 0.706. The number of rotatable bonds is 7. The molecule has 0 saturated heterocycles. The second kappa shape index (κ2) is 7.23. The van der Waals surface area contributed by atoms with E-state index in [1.165, 1.54) is 5.56 Å². The molecule has 1 aliphatic carbocycles. The summed E-state index contributed by atoms with van der Waals surface area (Å²) in [5.41, 5.74) is 0.720. The molecule has 2 rings (SSSR count). The van der Waals surface area contributed by atoms with Crippen molar-refractivity contribution in [2.45, 2.75) is 57.6 Å². The molecule has 1 unspecified atom stereocenters. The number of likely N-dealkylation sites (N-methyl/N-ethyl adjacent to an activating group) is 1. The zero-order valence-corrected chi connectivity index (χ0v) is 13.6. The third kappa shape index (κ3) is 4.42. The van der Waals surface area contributed by atoms with Gasteiger partial charge >= 0.3 is 0 Å². The molecule has 1 fully saturated rings. The Morgan fingerprint density at radius 2 is 2.14 bits per heavy atom. The molecule has 0 amide bonds. The van der Waals surface area contributed by atoms with Gasteiger partial charge in [-0.05, 0) is 50.4 Å². The van der Waals surface area contributed by atoms with Crippen LogP contribution in [-0.4, -0.2) is 35.8 Å². The molecule has 118 valence electrons. The number of aromatic nitrogens is 1. The van der Waals surface area contributed by atoms with Crippen molar-refractivity contribution in [2.75, 3.05) is 25.0 Å². The lowest BCUT2D eigenvalue weighted by atomic mass is 10.0. The monoisotopic (exact) mass is 291 g/mol. The predicted molar refractivity (Wildman–Crippen MR) is 87.6 cm³/mol. The van der Waals surface area contributed by atoms with Gasteiger partial charge in [0.25, 0.3) is 0 Å². The quantitative estimate of drug-likeness (QED) is 0.811. The molecule has 1 heterocycles. The third-order valence-corrected chi connectivity index (χ3v) is 4.43. The lowest BCUT2D eigenvalue weighted by Crippen LogP contribution is -2.39. The molecule has 2 N–H and O–H groups in total. The molecule has 0 aromatic carbocycles. The van der Waals surface area contributed by atoms with Crippen LogP contribution in [0.15, 0.2) is 18.3 Å². The van der Waals surface area contributed by atoms with Crippen LogP contribution in [0, 0.1) is 0 Å². The van der Waals surface area contributed by atoms with E-state index in [9.17, 15) is 5.11 Å². The van der Waals surface area contributed by atoms with Gasteiger partial charge in [0, 0.05) is 25.8 Å². The molecule has 21 heavy (non-hydrogen) atoms. The van der Waals surface area contributed by atoms with Crippen LogP contribution in [0.3, 0.4) is 0 Å². The van der Waals surface area contributed by atoms with Gasteiger partial charge in [0.15, 0.2) is 0 Å². The van der Waals surface area contributed by atoms with Crippen LogP contribution in [0.4, 0.5) is 5.82 Å². The maximum Gasteiger partial charge on any atom is 0.128 e. The van der Waals surface area contributed by atoms with E-state index in [1.54, 1.807) is 0 Å². The molecular formula is C17H29N3O. The fourth-order valence-electron chi connectivity index (χ4n) is 3.10. The first-order chi connectivity index (χ1) is 10.0. The average molecular weight is 291 g/mol. The van der Waals surface area contributed by atoms with E-state index >= 15 is 0 Å². The van der Waals surface area contributed by atoms with E-state index in [2.05, 4.69) is 41.2 Å². The van der Waals surface area contributed by atoms with E-state index in [-0.39, 0.29) is 0 Å². The van der Waals surface area contributed by atoms with Crippen molar-refractivity contribution in [1.82, 2.24) is 10.3 Å². The third-order valence-electron chi connectivity index (χ3n) is 4.43. The Morgan fingerprint density at radius 3 is 2.81 bits per heavy atom. The highest BCUT2D eigenvalue weighted by Gasteiger charge is 2.32. The average Bonchev–Trinajstić information content (AvgIpc) is 2.91. The number of nitrogens with zero attached hydrogens (tertiary/aromatic N) is 2. The predicted octanol–water partition coefficient (Wildman–Crippen LogP) is 2.88. The molecule has 1 saturated carbocycles. The fourth-order valence-corrected chi connectivity index (χ4v) is 3.10. The minimum absolute atomic E-state index is 0.328. The number of aliphatic hydroxyl groups is 1. The summed E-state index contributed by atoms with van der Waals surface area (Å²) in [5, 5.41) is 14.0. The topological polar surface area (TPSA) is 48.4 Å². The summed E-state index contributed by atoms with van der Waals surface area (Å²) in [5.74, 6) is 0.943. The SMILES string of the molecule is CCCNC(C)c1ccnc(N(C)CC2(O)CCCC2)c1. The van der Waals surface area contributed by atoms with Crippen LogP contribution in [0.5, 0.6) is 0 Å². The Bertz CT molecular complexity index is 443. The first-order valence-corrected chi connectivity index (χ1v) is 8.17. The first kappa shape index (κ1) is 16.2. The number of anilines is 1. The van der Waals surface area contributed by atoms with Gasteiger partial charge in [0.05, 0.1) is 5.60 Å². The van der Waals surface area contributed by atoms with E-state index in [4.69, 9.17) is 0 Å². The van der Waals surface area contributed by atoms with Crippen molar-refractivity contribution in [1.29, 1.82) is 0 Å². The van der Waals surface area contributed by atoms with Crippen LogP contribution in [0.2, 0.25) is 0 Å². The lowest BCUT2D eigenvalue weighted by Gasteiger charge is -2.29. The Hall–Kier alpha value is -1.13. The summed E-state index contributed by atoms with van der Waals surface area (Å²) in [6, 6.07) is 4.52. The number of hydrogen-bond acceptors (Lipinski definition) is 4. The highest BCUT2D eigenvalue weighted by atomic mass is 16.3. The van der Waals surface area contributed by atoms with Gasteiger partial charge in [-0.3, -0.25) is 0 Å². The summed E-state index contributed by atoms with van der Waals surface area (Å²) in [6.07, 6.45) is 7.09.